The van der Waals surface area contributed by atoms with Gasteiger partial charge in [-0.2, -0.15) is 0 Å². The lowest BCUT2D eigenvalue weighted by Crippen LogP contribution is -2.40. The van der Waals surface area contributed by atoms with Gasteiger partial charge in [-0.1, -0.05) is 60.2 Å². The summed E-state index contributed by atoms with van der Waals surface area (Å²) in [4.78, 5) is 27.4. The molecule has 0 unspecified atom stereocenters. The fourth-order valence-electron chi connectivity index (χ4n) is 4.55. The number of benzene rings is 3. The second kappa shape index (κ2) is 8.13. The molecule has 0 spiro atoms. The number of hydrogen-bond acceptors (Lipinski definition) is 3. The zero-order chi connectivity index (χ0) is 23.1. The molecule has 0 aliphatic heterocycles. The highest BCUT2D eigenvalue weighted by molar-refractivity contribution is 6.06. The van der Waals surface area contributed by atoms with E-state index < -0.39 is 0 Å². The SMILES string of the molecule is COc1ccc2c(c1)c1c(c(=O)n(Cc3ccccc3)c(=O)n1Cc1cccc(C)c1)n2C. The van der Waals surface area contributed by atoms with Crippen LogP contribution in [0.15, 0.2) is 82.4 Å². The summed E-state index contributed by atoms with van der Waals surface area (Å²) < 4.78 is 10.4. The van der Waals surface area contributed by atoms with Gasteiger partial charge in [0.1, 0.15) is 11.3 Å². The van der Waals surface area contributed by atoms with Gasteiger partial charge < -0.3 is 9.30 Å². The number of aromatic nitrogens is 3. The van der Waals surface area contributed by atoms with Gasteiger partial charge in [-0.3, -0.25) is 13.9 Å². The Bertz CT molecular complexity index is 1610. The fraction of sp³-hybridized carbons (Fsp3) is 0.185. The van der Waals surface area contributed by atoms with Gasteiger partial charge in [-0.05, 0) is 36.2 Å². The first-order chi connectivity index (χ1) is 16.0. The molecule has 0 saturated heterocycles. The van der Waals surface area contributed by atoms with Crippen LogP contribution in [0.4, 0.5) is 0 Å². The number of hydrogen-bond donors (Lipinski definition) is 0. The van der Waals surface area contributed by atoms with Crippen molar-refractivity contribution >= 4 is 21.9 Å². The Balaban J connectivity index is 1.86. The molecule has 33 heavy (non-hydrogen) atoms. The normalized spacial score (nSPS) is 11.4. The molecule has 2 heterocycles. The smallest absolute Gasteiger partial charge is 0.332 e. The minimum Gasteiger partial charge on any atom is -0.497 e. The van der Waals surface area contributed by atoms with E-state index in [1.165, 1.54) is 4.57 Å². The fourth-order valence-corrected chi connectivity index (χ4v) is 4.55. The van der Waals surface area contributed by atoms with Gasteiger partial charge in [0.2, 0.25) is 0 Å². The van der Waals surface area contributed by atoms with Crippen molar-refractivity contribution in [1.82, 2.24) is 13.7 Å². The second-order valence-electron chi connectivity index (χ2n) is 8.37. The third-order valence-corrected chi connectivity index (χ3v) is 6.17. The average Bonchev–Trinajstić information content (AvgIpc) is 3.12. The predicted molar refractivity (Wildman–Crippen MR) is 131 cm³/mol. The molecule has 6 heteroatoms. The molecule has 0 saturated carbocycles. The van der Waals surface area contributed by atoms with Crippen LogP contribution in [-0.4, -0.2) is 20.8 Å². The van der Waals surface area contributed by atoms with Gasteiger partial charge >= 0.3 is 5.69 Å². The van der Waals surface area contributed by atoms with Gasteiger partial charge in [-0.15, -0.1) is 0 Å². The first-order valence-corrected chi connectivity index (χ1v) is 10.9. The Morgan fingerprint density at radius 2 is 1.52 bits per heavy atom. The van der Waals surface area contributed by atoms with Crippen molar-refractivity contribution in [2.24, 2.45) is 7.05 Å². The van der Waals surface area contributed by atoms with Gasteiger partial charge in [0.15, 0.2) is 0 Å². The Kier molecular flexibility index (Phi) is 5.13. The summed E-state index contributed by atoms with van der Waals surface area (Å²) in [6.45, 7) is 2.61. The molecule has 0 aliphatic rings. The highest BCUT2D eigenvalue weighted by atomic mass is 16.5. The Labute approximate surface area is 190 Å². The van der Waals surface area contributed by atoms with Crippen LogP contribution in [0.5, 0.6) is 5.75 Å². The van der Waals surface area contributed by atoms with Crippen LogP contribution in [0, 0.1) is 6.92 Å². The highest BCUT2D eigenvalue weighted by Crippen LogP contribution is 2.29. The minimum absolute atomic E-state index is 0.215. The average molecular weight is 440 g/mol. The van der Waals surface area contributed by atoms with Crippen molar-refractivity contribution in [3.8, 4) is 5.75 Å². The minimum atomic E-state index is -0.326. The predicted octanol–water partition coefficient (Wildman–Crippen LogP) is 4.07. The largest absolute Gasteiger partial charge is 0.497 e. The lowest BCUT2D eigenvalue weighted by atomic mass is 10.1. The standard InChI is InChI=1S/C27H25N3O3/c1-18-8-7-11-20(14-18)17-29-24-22-15-21(33-3)12-13-23(22)28(2)25(24)26(31)30(27(29)32)16-19-9-5-4-6-10-19/h4-15H,16-17H2,1-3H3. The van der Waals surface area contributed by atoms with E-state index in [4.69, 9.17) is 4.74 Å². The lowest BCUT2D eigenvalue weighted by Gasteiger charge is -2.14. The Morgan fingerprint density at radius 3 is 2.24 bits per heavy atom. The van der Waals surface area contributed by atoms with Crippen molar-refractivity contribution in [1.29, 1.82) is 0 Å². The van der Waals surface area contributed by atoms with E-state index in [0.717, 1.165) is 27.6 Å². The molecule has 5 aromatic rings. The molecule has 2 aromatic heterocycles. The van der Waals surface area contributed by atoms with E-state index in [1.807, 2.05) is 85.3 Å². The molecule has 0 N–H and O–H groups in total. The molecule has 0 atom stereocenters. The maximum Gasteiger partial charge on any atom is 0.332 e. The van der Waals surface area contributed by atoms with Gasteiger partial charge in [0.25, 0.3) is 5.56 Å². The van der Waals surface area contributed by atoms with Crippen LogP contribution in [0.25, 0.3) is 21.9 Å². The zero-order valence-corrected chi connectivity index (χ0v) is 18.9. The lowest BCUT2D eigenvalue weighted by molar-refractivity contribution is 0.415. The van der Waals surface area contributed by atoms with Crippen molar-refractivity contribution in [3.05, 3.63) is 110 Å². The molecule has 0 aliphatic carbocycles. The quantitative estimate of drug-likeness (QED) is 0.415. The summed E-state index contributed by atoms with van der Waals surface area (Å²) >= 11 is 0. The molecular formula is C27H25N3O3. The van der Waals surface area contributed by atoms with Gasteiger partial charge in [0, 0.05) is 12.4 Å². The van der Waals surface area contributed by atoms with E-state index in [-0.39, 0.29) is 17.8 Å². The molecule has 0 fully saturated rings. The van der Waals surface area contributed by atoms with Crippen LogP contribution >= 0.6 is 0 Å². The first-order valence-electron chi connectivity index (χ1n) is 10.9. The molecular weight excluding hydrogens is 414 g/mol. The van der Waals surface area contributed by atoms with Crippen molar-refractivity contribution in [2.75, 3.05) is 7.11 Å². The van der Waals surface area contributed by atoms with E-state index in [0.29, 0.717) is 23.3 Å². The molecule has 6 nitrogen and oxygen atoms in total. The summed E-state index contributed by atoms with van der Waals surface area (Å²) in [5, 5.41) is 0.820. The number of aryl methyl sites for hydroxylation is 2. The summed E-state index contributed by atoms with van der Waals surface area (Å²) in [6.07, 6.45) is 0. The van der Waals surface area contributed by atoms with Crippen LogP contribution in [0.3, 0.4) is 0 Å². The van der Waals surface area contributed by atoms with Crippen LogP contribution in [0.1, 0.15) is 16.7 Å². The third kappa shape index (κ3) is 3.53. The van der Waals surface area contributed by atoms with Crippen molar-refractivity contribution in [3.63, 3.8) is 0 Å². The van der Waals surface area contributed by atoms with Crippen LogP contribution < -0.4 is 16.0 Å². The van der Waals surface area contributed by atoms with Crippen molar-refractivity contribution in [2.45, 2.75) is 20.0 Å². The van der Waals surface area contributed by atoms with E-state index >= 15 is 0 Å². The first kappa shape index (κ1) is 20.8. The summed E-state index contributed by atoms with van der Waals surface area (Å²) in [5.41, 5.74) is 4.41. The Morgan fingerprint density at radius 1 is 0.788 bits per heavy atom. The van der Waals surface area contributed by atoms with Crippen molar-refractivity contribution < 1.29 is 4.74 Å². The number of rotatable bonds is 5. The molecule has 0 bridgehead atoms. The van der Waals surface area contributed by atoms with Gasteiger partial charge in [-0.25, -0.2) is 4.79 Å². The molecule has 3 aromatic carbocycles. The summed E-state index contributed by atoms with van der Waals surface area (Å²) in [7, 11) is 3.48. The highest BCUT2D eigenvalue weighted by Gasteiger charge is 2.21. The number of ether oxygens (including phenoxy) is 1. The number of nitrogens with zero attached hydrogens (tertiary/aromatic N) is 3. The second-order valence-corrected chi connectivity index (χ2v) is 8.37. The number of methoxy groups -OCH3 is 1. The Hall–Kier alpha value is -4.06. The van der Waals surface area contributed by atoms with Crippen LogP contribution in [0.2, 0.25) is 0 Å². The molecule has 166 valence electrons. The maximum absolute atomic E-state index is 13.8. The number of fused-ring (bicyclic) bond motifs is 3. The van der Waals surface area contributed by atoms with E-state index in [2.05, 4.69) is 6.07 Å². The van der Waals surface area contributed by atoms with E-state index in [9.17, 15) is 9.59 Å². The maximum atomic E-state index is 13.8. The molecule has 0 radical (unpaired) electrons. The summed E-state index contributed by atoms with van der Waals surface area (Å²) in [6, 6.07) is 23.4. The topological polar surface area (TPSA) is 58.2 Å². The zero-order valence-electron chi connectivity index (χ0n) is 18.9. The third-order valence-electron chi connectivity index (χ3n) is 6.17. The van der Waals surface area contributed by atoms with Gasteiger partial charge in [0.05, 0.1) is 31.2 Å². The van der Waals surface area contributed by atoms with Crippen LogP contribution in [-0.2, 0) is 20.1 Å². The molecule has 0 amide bonds. The van der Waals surface area contributed by atoms with E-state index in [1.54, 1.807) is 11.7 Å². The monoisotopic (exact) mass is 439 g/mol. The molecule has 5 rings (SSSR count). The summed E-state index contributed by atoms with van der Waals surface area (Å²) in [5.74, 6) is 0.679.